The van der Waals surface area contributed by atoms with E-state index in [1.165, 1.54) is 24.2 Å². The van der Waals surface area contributed by atoms with Crippen molar-refractivity contribution in [1.82, 2.24) is 4.98 Å². The zero-order valence-corrected chi connectivity index (χ0v) is 21.0. The summed E-state index contributed by atoms with van der Waals surface area (Å²) in [5.74, 6) is 1.78. The van der Waals surface area contributed by atoms with Crippen molar-refractivity contribution in [1.29, 1.82) is 5.41 Å². The third kappa shape index (κ3) is 5.34. The molecule has 0 amide bonds. The monoisotopic (exact) mass is 496 g/mol. The van der Waals surface area contributed by atoms with E-state index in [0.717, 1.165) is 58.0 Å². The van der Waals surface area contributed by atoms with Gasteiger partial charge in [0, 0.05) is 22.4 Å². The van der Waals surface area contributed by atoms with Gasteiger partial charge in [0.05, 0.1) is 11.3 Å². The van der Waals surface area contributed by atoms with Crippen molar-refractivity contribution in [2.75, 3.05) is 0 Å². The van der Waals surface area contributed by atoms with Gasteiger partial charge in [-0.25, -0.2) is 4.98 Å². The van der Waals surface area contributed by atoms with Gasteiger partial charge in [-0.3, -0.25) is 5.41 Å². The Balaban J connectivity index is 1.38. The Bertz CT molecular complexity index is 1520. The van der Waals surface area contributed by atoms with Gasteiger partial charge in [0.2, 0.25) is 5.55 Å². The summed E-state index contributed by atoms with van der Waals surface area (Å²) in [4.78, 5) is 4.79. The second-order valence-electron chi connectivity index (χ2n) is 8.80. The van der Waals surface area contributed by atoms with Crippen molar-refractivity contribution < 1.29 is 14.3 Å². The minimum Gasteiger partial charge on any atom is -0.508 e. The average Bonchev–Trinajstić information content (AvgIpc) is 3.38. The fourth-order valence-electron chi connectivity index (χ4n) is 4.17. The lowest BCUT2D eigenvalue weighted by molar-refractivity contribution is 0.463. The number of hydrogen-bond donors (Lipinski definition) is 2. The van der Waals surface area contributed by atoms with E-state index in [2.05, 4.69) is 6.92 Å². The fraction of sp³-hybridized carbons (Fsp3) is 0.200. The number of unbranched alkanes of at least 4 members (excludes halogenated alkanes) is 3. The number of phenols is 1. The van der Waals surface area contributed by atoms with Crippen molar-refractivity contribution in [2.24, 2.45) is 0 Å². The van der Waals surface area contributed by atoms with Crippen LogP contribution < -0.4 is 10.3 Å². The molecule has 5 nitrogen and oxygen atoms in total. The van der Waals surface area contributed by atoms with Crippen LogP contribution in [0.4, 0.5) is 0 Å². The summed E-state index contributed by atoms with van der Waals surface area (Å²) in [6, 6.07) is 23.0. The topological polar surface area (TPSA) is 79.3 Å². The highest BCUT2D eigenvalue weighted by molar-refractivity contribution is 7.13. The molecule has 0 radical (unpaired) electrons. The van der Waals surface area contributed by atoms with E-state index in [0.29, 0.717) is 11.1 Å². The lowest BCUT2D eigenvalue weighted by atomic mass is 10.0. The van der Waals surface area contributed by atoms with E-state index in [9.17, 15) is 5.11 Å². The molecule has 0 saturated heterocycles. The molecule has 182 valence electrons. The van der Waals surface area contributed by atoms with Crippen LogP contribution in [0.2, 0.25) is 0 Å². The maximum Gasteiger partial charge on any atom is 0.222 e. The lowest BCUT2D eigenvalue weighted by Gasteiger charge is -2.08. The minimum absolute atomic E-state index is 0.0325. The fourth-order valence-corrected chi connectivity index (χ4v) is 5.01. The molecule has 0 fully saturated rings. The maximum atomic E-state index is 10.4. The first-order chi connectivity index (χ1) is 17.6. The number of nitrogens with one attached hydrogen (secondary N) is 1. The third-order valence-corrected chi connectivity index (χ3v) is 7.01. The summed E-state index contributed by atoms with van der Waals surface area (Å²) < 4.78 is 11.7. The number of fused-ring (bicyclic) bond motifs is 1. The number of phenolic OH excluding ortho intramolecular Hbond substituents is 1. The number of hydrogen-bond acceptors (Lipinski definition) is 6. The summed E-state index contributed by atoms with van der Waals surface area (Å²) in [6.07, 6.45) is 5.39. The number of benzene rings is 3. The Morgan fingerprint density at radius 1 is 0.944 bits per heavy atom. The highest BCUT2D eigenvalue weighted by Gasteiger charge is 2.13. The van der Waals surface area contributed by atoms with Crippen LogP contribution in [0.15, 0.2) is 82.6 Å². The summed E-state index contributed by atoms with van der Waals surface area (Å²) in [6.45, 7) is 2.19. The Hall–Kier alpha value is -3.90. The van der Waals surface area contributed by atoms with Crippen LogP contribution in [-0.4, -0.2) is 10.1 Å². The van der Waals surface area contributed by atoms with Gasteiger partial charge in [-0.2, -0.15) is 0 Å². The standard InChI is InChI=1S/C30H28N2O3S/c1-2-3-4-6-9-21-16-22-17-25(29(31)35-28(22)18-27(21)33)30-32-26(19-36-30)20-12-14-24(15-13-20)34-23-10-7-5-8-11-23/h5,7-8,10-19,31,33H,2-4,6,9H2,1H3. The summed E-state index contributed by atoms with van der Waals surface area (Å²) in [5.41, 5.74) is 3.90. The van der Waals surface area contributed by atoms with Gasteiger partial charge < -0.3 is 14.3 Å². The van der Waals surface area contributed by atoms with Crippen LogP contribution in [0.25, 0.3) is 32.8 Å². The molecule has 2 N–H and O–H groups in total. The molecular weight excluding hydrogens is 468 g/mol. The van der Waals surface area contributed by atoms with Gasteiger partial charge >= 0.3 is 0 Å². The minimum atomic E-state index is 0.0325. The quantitative estimate of drug-likeness (QED) is 0.201. The summed E-state index contributed by atoms with van der Waals surface area (Å²) in [7, 11) is 0. The molecule has 0 saturated carbocycles. The Morgan fingerprint density at radius 3 is 2.50 bits per heavy atom. The van der Waals surface area contributed by atoms with Gasteiger partial charge in [-0.05, 0) is 66.9 Å². The molecule has 0 aliphatic carbocycles. The SMILES string of the molecule is CCCCCCc1cc2cc(-c3nc(-c4ccc(Oc5ccccc5)cc4)cs3)c(=N)oc2cc1O. The second-order valence-corrected chi connectivity index (χ2v) is 9.65. The number of thiazole rings is 1. The Morgan fingerprint density at radius 2 is 1.72 bits per heavy atom. The molecule has 36 heavy (non-hydrogen) atoms. The normalized spacial score (nSPS) is 11.1. The molecular formula is C30H28N2O3S. The van der Waals surface area contributed by atoms with E-state index in [1.54, 1.807) is 6.07 Å². The van der Waals surface area contributed by atoms with Gasteiger partial charge in [0.15, 0.2) is 0 Å². The number of aryl methyl sites for hydroxylation is 1. The molecule has 2 heterocycles. The van der Waals surface area contributed by atoms with Crippen molar-refractivity contribution >= 4 is 22.3 Å². The first kappa shape index (κ1) is 23.8. The molecule has 0 aliphatic heterocycles. The van der Waals surface area contributed by atoms with Crippen LogP contribution in [0.5, 0.6) is 17.2 Å². The zero-order chi connectivity index (χ0) is 24.9. The number of aromatic nitrogens is 1. The molecule has 0 spiro atoms. The van der Waals surface area contributed by atoms with Crippen LogP contribution in [-0.2, 0) is 6.42 Å². The summed E-state index contributed by atoms with van der Waals surface area (Å²) >= 11 is 1.48. The van der Waals surface area contributed by atoms with Crippen LogP contribution >= 0.6 is 11.3 Å². The molecule has 5 aromatic rings. The number of para-hydroxylation sites is 1. The van der Waals surface area contributed by atoms with Gasteiger partial charge in [-0.15, -0.1) is 11.3 Å². The highest BCUT2D eigenvalue weighted by Crippen LogP contribution is 2.32. The van der Waals surface area contributed by atoms with E-state index in [4.69, 9.17) is 19.5 Å². The van der Waals surface area contributed by atoms with Gasteiger partial charge in [0.25, 0.3) is 0 Å². The molecule has 2 aromatic heterocycles. The average molecular weight is 497 g/mol. The first-order valence-electron chi connectivity index (χ1n) is 12.2. The Labute approximate surface area is 214 Å². The van der Waals surface area contributed by atoms with E-state index in [1.807, 2.05) is 72.1 Å². The van der Waals surface area contributed by atoms with Crippen molar-refractivity contribution in [2.45, 2.75) is 39.0 Å². The number of aromatic hydroxyl groups is 1. The van der Waals surface area contributed by atoms with Crippen LogP contribution in [0.3, 0.4) is 0 Å². The molecule has 0 aliphatic rings. The zero-order valence-electron chi connectivity index (χ0n) is 20.2. The summed E-state index contributed by atoms with van der Waals surface area (Å²) in [5, 5.41) is 22.4. The smallest absolute Gasteiger partial charge is 0.222 e. The van der Waals surface area contributed by atoms with E-state index < -0.39 is 0 Å². The predicted molar refractivity (Wildman–Crippen MR) is 145 cm³/mol. The first-order valence-corrected chi connectivity index (χ1v) is 13.1. The highest BCUT2D eigenvalue weighted by atomic mass is 32.1. The lowest BCUT2D eigenvalue weighted by Crippen LogP contribution is -2.03. The predicted octanol–water partition coefficient (Wildman–Crippen LogP) is 8.32. The number of nitrogens with zero attached hydrogens (tertiary/aromatic N) is 1. The maximum absolute atomic E-state index is 10.4. The molecule has 6 heteroatoms. The van der Waals surface area contributed by atoms with Crippen molar-refractivity contribution in [3.63, 3.8) is 0 Å². The van der Waals surface area contributed by atoms with Crippen LogP contribution in [0.1, 0.15) is 38.2 Å². The molecule has 3 aromatic carbocycles. The van der Waals surface area contributed by atoms with Crippen molar-refractivity contribution in [3.8, 4) is 39.1 Å². The Kier molecular flexibility index (Phi) is 7.14. The van der Waals surface area contributed by atoms with Gasteiger partial charge in [0.1, 0.15) is 27.8 Å². The molecule has 5 rings (SSSR count). The van der Waals surface area contributed by atoms with Crippen molar-refractivity contribution in [3.05, 3.63) is 89.3 Å². The molecule has 0 unspecified atom stereocenters. The molecule has 0 bridgehead atoms. The van der Waals surface area contributed by atoms with Gasteiger partial charge in [-0.1, -0.05) is 44.4 Å². The second kappa shape index (κ2) is 10.8. The third-order valence-electron chi connectivity index (χ3n) is 6.13. The number of rotatable bonds is 9. The number of ether oxygens (including phenoxy) is 1. The van der Waals surface area contributed by atoms with E-state index in [-0.39, 0.29) is 11.3 Å². The van der Waals surface area contributed by atoms with Crippen LogP contribution in [0, 0.1) is 5.41 Å². The largest absolute Gasteiger partial charge is 0.508 e. The van der Waals surface area contributed by atoms with E-state index >= 15 is 0 Å². The molecule has 0 atom stereocenters.